The summed E-state index contributed by atoms with van der Waals surface area (Å²) >= 11 is 0. The smallest absolute Gasteiger partial charge is 0.257 e. The molecule has 0 heterocycles. The first-order chi connectivity index (χ1) is 10.0. The van der Waals surface area contributed by atoms with Gasteiger partial charge in [0.1, 0.15) is 5.75 Å². The summed E-state index contributed by atoms with van der Waals surface area (Å²) < 4.78 is 5.08. The fourth-order valence-corrected chi connectivity index (χ4v) is 1.99. The number of phenolic OH excluding ortho intramolecular Hbond substituents is 2. The predicted molar refractivity (Wildman–Crippen MR) is 78.6 cm³/mol. The Hall–Kier alpha value is -2.69. The lowest BCUT2D eigenvalue weighted by Gasteiger charge is -2.18. The van der Waals surface area contributed by atoms with Crippen LogP contribution < -0.4 is 4.74 Å². The van der Waals surface area contributed by atoms with Crippen LogP contribution in [-0.4, -0.2) is 35.2 Å². The normalized spacial score (nSPS) is 10.2. The molecule has 0 atom stereocenters. The Bertz CT molecular complexity index is 637. The topological polar surface area (TPSA) is 70.0 Å². The van der Waals surface area contributed by atoms with Gasteiger partial charge in [0.15, 0.2) is 11.5 Å². The summed E-state index contributed by atoms with van der Waals surface area (Å²) in [5.74, 6) is -0.319. The molecular weight excluding hydrogens is 270 g/mol. The lowest BCUT2D eigenvalue weighted by atomic mass is 10.1. The summed E-state index contributed by atoms with van der Waals surface area (Å²) in [5.41, 5.74) is 1.01. The van der Waals surface area contributed by atoms with Crippen molar-refractivity contribution in [1.82, 2.24) is 4.90 Å². The van der Waals surface area contributed by atoms with Crippen LogP contribution in [0.15, 0.2) is 42.5 Å². The van der Waals surface area contributed by atoms with Crippen molar-refractivity contribution in [2.24, 2.45) is 0 Å². The molecule has 1 amide bonds. The van der Waals surface area contributed by atoms with Gasteiger partial charge in [0.05, 0.1) is 12.7 Å². The van der Waals surface area contributed by atoms with E-state index in [0.29, 0.717) is 6.54 Å². The lowest BCUT2D eigenvalue weighted by Crippen LogP contribution is -2.26. The second kappa shape index (κ2) is 6.17. The number of para-hydroxylation sites is 1. The molecule has 0 unspecified atom stereocenters. The number of hydrogen-bond acceptors (Lipinski definition) is 4. The van der Waals surface area contributed by atoms with Crippen molar-refractivity contribution >= 4 is 5.91 Å². The van der Waals surface area contributed by atoms with Crippen molar-refractivity contribution in [3.8, 4) is 17.2 Å². The minimum absolute atomic E-state index is 0.0750. The van der Waals surface area contributed by atoms with Gasteiger partial charge in [-0.1, -0.05) is 18.2 Å². The minimum Gasteiger partial charge on any atom is -0.504 e. The predicted octanol–water partition coefficient (Wildman–Crippen LogP) is 2.38. The third kappa shape index (κ3) is 3.25. The van der Waals surface area contributed by atoms with E-state index in [0.717, 1.165) is 11.3 Å². The Labute approximate surface area is 123 Å². The Kier molecular flexibility index (Phi) is 4.33. The minimum atomic E-state index is -0.399. The first-order valence-electron chi connectivity index (χ1n) is 6.42. The molecule has 0 aliphatic heterocycles. The Balaban J connectivity index is 2.13. The number of amides is 1. The molecule has 5 nitrogen and oxygen atoms in total. The van der Waals surface area contributed by atoms with Gasteiger partial charge < -0.3 is 19.8 Å². The van der Waals surface area contributed by atoms with E-state index in [1.54, 1.807) is 14.2 Å². The van der Waals surface area contributed by atoms with Crippen LogP contribution >= 0.6 is 0 Å². The highest BCUT2D eigenvalue weighted by Crippen LogP contribution is 2.29. The van der Waals surface area contributed by atoms with Crippen LogP contribution in [0.25, 0.3) is 0 Å². The van der Waals surface area contributed by atoms with Gasteiger partial charge in [0.25, 0.3) is 5.91 Å². The van der Waals surface area contributed by atoms with Gasteiger partial charge in [-0.25, -0.2) is 0 Å². The molecule has 110 valence electrons. The standard InChI is InChI=1S/C16H17NO4/c1-17(10-11-6-8-12(21-2)9-7-11)16(20)13-4-3-5-14(18)15(13)19/h3-9,18-19H,10H2,1-2H3. The zero-order chi connectivity index (χ0) is 15.4. The number of hydrogen-bond donors (Lipinski definition) is 2. The summed E-state index contributed by atoms with van der Waals surface area (Å²) in [6, 6.07) is 11.7. The fraction of sp³-hybridized carbons (Fsp3) is 0.188. The van der Waals surface area contributed by atoms with Gasteiger partial charge in [-0.3, -0.25) is 4.79 Å². The van der Waals surface area contributed by atoms with Gasteiger partial charge >= 0.3 is 0 Å². The Morgan fingerprint density at radius 2 is 1.81 bits per heavy atom. The van der Waals surface area contributed by atoms with Crippen LogP contribution in [0.1, 0.15) is 15.9 Å². The van der Waals surface area contributed by atoms with Gasteiger partial charge in [0, 0.05) is 13.6 Å². The third-order valence-electron chi connectivity index (χ3n) is 3.17. The Morgan fingerprint density at radius 1 is 1.14 bits per heavy atom. The molecule has 0 fully saturated rings. The molecule has 2 aromatic rings. The van der Waals surface area contributed by atoms with Crippen LogP contribution in [0, 0.1) is 0 Å². The quantitative estimate of drug-likeness (QED) is 0.847. The first kappa shape index (κ1) is 14.7. The van der Waals surface area contributed by atoms with Crippen molar-refractivity contribution in [2.75, 3.05) is 14.2 Å². The van der Waals surface area contributed by atoms with Crippen molar-refractivity contribution < 1.29 is 19.7 Å². The van der Waals surface area contributed by atoms with Gasteiger partial charge in [-0.15, -0.1) is 0 Å². The van der Waals surface area contributed by atoms with E-state index in [-0.39, 0.29) is 17.2 Å². The highest BCUT2D eigenvalue weighted by molar-refractivity contribution is 5.97. The molecule has 0 aliphatic carbocycles. The molecule has 0 aromatic heterocycles. The molecule has 0 aliphatic rings. The second-order valence-corrected chi connectivity index (χ2v) is 4.68. The summed E-state index contributed by atoms with van der Waals surface area (Å²) in [6.07, 6.45) is 0. The number of ether oxygens (including phenoxy) is 1. The van der Waals surface area contributed by atoms with Crippen LogP contribution in [0.2, 0.25) is 0 Å². The molecule has 0 radical (unpaired) electrons. The number of nitrogens with zero attached hydrogens (tertiary/aromatic N) is 1. The number of rotatable bonds is 4. The molecule has 0 saturated heterocycles. The van der Waals surface area contributed by atoms with Crippen molar-refractivity contribution in [1.29, 1.82) is 0 Å². The molecule has 2 N–H and O–H groups in total. The van der Waals surface area contributed by atoms with Gasteiger partial charge in [0.2, 0.25) is 0 Å². The van der Waals surface area contributed by atoms with E-state index in [1.807, 2.05) is 24.3 Å². The van der Waals surface area contributed by atoms with E-state index in [1.165, 1.54) is 23.1 Å². The van der Waals surface area contributed by atoms with Crippen LogP contribution in [0.4, 0.5) is 0 Å². The number of phenols is 2. The fourth-order valence-electron chi connectivity index (χ4n) is 1.99. The maximum atomic E-state index is 12.3. The summed E-state index contributed by atoms with van der Waals surface area (Å²) in [5, 5.41) is 19.2. The van der Waals surface area contributed by atoms with E-state index in [2.05, 4.69) is 0 Å². The van der Waals surface area contributed by atoms with E-state index < -0.39 is 5.75 Å². The van der Waals surface area contributed by atoms with Crippen molar-refractivity contribution in [2.45, 2.75) is 6.54 Å². The summed E-state index contributed by atoms with van der Waals surface area (Å²) in [6.45, 7) is 0.387. The molecule has 0 bridgehead atoms. The van der Waals surface area contributed by atoms with Gasteiger partial charge in [-0.2, -0.15) is 0 Å². The zero-order valence-corrected chi connectivity index (χ0v) is 11.9. The average Bonchev–Trinajstić information content (AvgIpc) is 2.50. The summed E-state index contributed by atoms with van der Waals surface area (Å²) in [7, 11) is 3.23. The monoisotopic (exact) mass is 287 g/mol. The SMILES string of the molecule is COc1ccc(CN(C)C(=O)c2cccc(O)c2O)cc1. The van der Waals surface area contributed by atoms with Crippen molar-refractivity contribution in [3.05, 3.63) is 53.6 Å². The van der Waals surface area contributed by atoms with E-state index in [4.69, 9.17) is 4.74 Å². The van der Waals surface area contributed by atoms with Crippen LogP contribution in [0.5, 0.6) is 17.2 Å². The molecule has 2 rings (SSSR count). The second-order valence-electron chi connectivity index (χ2n) is 4.68. The van der Waals surface area contributed by atoms with E-state index >= 15 is 0 Å². The highest BCUT2D eigenvalue weighted by Gasteiger charge is 2.17. The van der Waals surface area contributed by atoms with Gasteiger partial charge in [-0.05, 0) is 29.8 Å². The molecule has 0 spiro atoms. The van der Waals surface area contributed by atoms with Crippen molar-refractivity contribution in [3.63, 3.8) is 0 Å². The van der Waals surface area contributed by atoms with Crippen LogP contribution in [-0.2, 0) is 6.54 Å². The van der Waals surface area contributed by atoms with Crippen LogP contribution in [0.3, 0.4) is 0 Å². The molecule has 0 saturated carbocycles. The number of aromatic hydroxyl groups is 2. The number of benzene rings is 2. The Morgan fingerprint density at radius 3 is 2.43 bits per heavy atom. The average molecular weight is 287 g/mol. The molecule has 21 heavy (non-hydrogen) atoms. The molecule has 2 aromatic carbocycles. The number of carbonyl (C=O) groups is 1. The van der Waals surface area contributed by atoms with E-state index in [9.17, 15) is 15.0 Å². The highest BCUT2D eigenvalue weighted by atomic mass is 16.5. The molecule has 5 heteroatoms. The third-order valence-corrected chi connectivity index (χ3v) is 3.17. The largest absolute Gasteiger partial charge is 0.504 e. The number of carbonyl (C=O) groups excluding carboxylic acids is 1. The zero-order valence-electron chi connectivity index (χ0n) is 11.9. The maximum absolute atomic E-state index is 12.3. The first-order valence-corrected chi connectivity index (χ1v) is 6.42. The maximum Gasteiger partial charge on any atom is 0.257 e. The number of methoxy groups -OCH3 is 1. The lowest BCUT2D eigenvalue weighted by molar-refractivity contribution is 0.0781. The molecular formula is C16H17NO4. The summed E-state index contributed by atoms with van der Waals surface area (Å²) in [4.78, 5) is 13.7.